The number of rotatable bonds is 9. The second-order valence-electron chi connectivity index (χ2n) is 7.58. The van der Waals surface area contributed by atoms with Gasteiger partial charge in [-0.15, -0.1) is 0 Å². The highest BCUT2D eigenvalue weighted by atomic mass is 32.2. The molecule has 9 nitrogen and oxygen atoms in total. The van der Waals surface area contributed by atoms with Gasteiger partial charge in [0.15, 0.2) is 11.5 Å². The number of benzene rings is 2. The third kappa shape index (κ3) is 5.33. The predicted molar refractivity (Wildman–Crippen MR) is 122 cm³/mol. The molecule has 2 aromatic rings. The number of hydrogen-bond donors (Lipinski definition) is 1. The van der Waals surface area contributed by atoms with Gasteiger partial charge in [-0.3, -0.25) is 4.79 Å². The number of amides is 1. The molecule has 0 radical (unpaired) electrons. The SMILES string of the molecule is COc1ccc(S(=O)(=O)N2CCC[C@H](C(=O)NCc3c(OC)cccc3OC)C2)cc1OC. The van der Waals surface area contributed by atoms with Gasteiger partial charge in [-0.1, -0.05) is 6.07 Å². The van der Waals surface area contributed by atoms with Gasteiger partial charge in [0.1, 0.15) is 11.5 Å². The molecule has 0 spiro atoms. The lowest BCUT2D eigenvalue weighted by atomic mass is 9.98. The second kappa shape index (κ2) is 10.8. The summed E-state index contributed by atoms with van der Waals surface area (Å²) in [4.78, 5) is 13.0. The number of nitrogens with zero attached hydrogens (tertiary/aromatic N) is 1. The highest BCUT2D eigenvalue weighted by molar-refractivity contribution is 7.89. The first-order chi connectivity index (χ1) is 15.8. The molecule has 1 saturated heterocycles. The van der Waals surface area contributed by atoms with Gasteiger partial charge in [-0.25, -0.2) is 8.42 Å². The summed E-state index contributed by atoms with van der Waals surface area (Å²) < 4.78 is 49.0. The Kier molecular flexibility index (Phi) is 8.04. The Morgan fingerprint density at radius 2 is 1.61 bits per heavy atom. The molecule has 180 valence electrons. The van der Waals surface area contributed by atoms with Gasteiger partial charge in [0.25, 0.3) is 0 Å². The van der Waals surface area contributed by atoms with E-state index in [4.69, 9.17) is 18.9 Å². The quantitative estimate of drug-likeness (QED) is 0.590. The molecular weight excluding hydrogens is 448 g/mol. The zero-order chi connectivity index (χ0) is 24.0. The van der Waals surface area contributed by atoms with Crippen LogP contribution in [0.5, 0.6) is 23.0 Å². The van der Waals surface area contributed by atoms with Crippen molar-refractivity contribution in [2.24, 2.45) is 5.92 Å². The van der Waals surface area contributed by atoms with Crippen LogP contribution in [0, 0.1) is 5.92 Å². The first-order valence-electron chi connectivity index (χ1n) is 10.6. The number of nitrogens with one attached hydrogen (secondary N) is 1. The van der Waals surface area contributed by atoms with Gasteiger partial charge in [-0.2, -0.15) is 4.31 Å². The summed E-state index contributed by atoms with van der Waals surface area (Å²) >= 11 is 0. The minimum Gasteiger partial charge on any atom is -0.496 e. The van der Waals surface area contributed by atoms with Crippen LogP contribution in [-0.4, -0.2) is 60.2 Å². The first kappa shape index (κ1) is 24.7. The van der Waals surface area contributed by atoms with Crippen molar-refractivity contribution in [2.75, 3.05) is 41.5 Å². The number of methoxy groups -OCH3 is 4. The zero-order valence-corrected chi connectivity index (χ0v) is 20.1. The molecular formula is C23H30N2O7S. The van der Waals surface area contributed by atoms with Crippen molar-refractivity contribution >= 4 is 15.9 Å². The smallest absolute Gasteiger partial charge is 0.243 e. The average Bonchev–Trinajstić information content (AvgIpc) is 2.86. The maximum Gasteiger partial charge on any atom is 0.243 e. The second-order valence-corrected chi connectivity index (χ2v) is 9.52. The monoisotopic (exact) mass is 478 g/mol. The number of hydrogen-bond acceptors (Lipinski definition) is 7. The molecule has 1 fully saturated rings. The van der Waals surface area contributed by atoms with Crippen LogP contribution >= 0.6 is 0 Å². The summed E-state index contributed by atoms with van der Waals surface area (Å²) in [5.74, 6) is 1.31. The van der Waals surface area contributed by atoms with E-state index in [2.05, 4.69) is 5.32 Å². The van der Waals surface area contributed by atoms with Gasteiger partial charge < -0.3 is 24.3 Å². The molecule has 1 N–H and O–H groups in total. The summed E-state index contributed by atoms with van der Waals surface area (Å²) in [7, 11) is 2.25. The molecule has 10 heteroatoms. The van der Waals surface area contributed by atoms with Gasteiger partial charge in [0.2, 0.25) is 15.9 Å². The van der Waals surface area contributed by atoms with Gasteiger partial charge in [0, 0.05) is 19.2 Å². The van der Waals surface area contributed by atoms with Gasteiger partial charge >= 0.3 is 0 Å². The topological polar surface area (TPSA) is 103 Å². The summed E-state index contributed by atoms with van der Waals surface area (Å²) in [6, 6.07) is 9.87. The summed E-state index contributed by atoms with van der Waals surface area (Å²) in [5, 5.41) is 2.91. The number of ether oxygens (including phenoxy) is 4. The van der Waals surface area contributed by atoms with Crippen LogP contribution in [0.3, 0.4) is 0 Å². The van der Waals surface area contributed by atoms with E-state index in [1.165, 1.54) is 30.7 Å². The van der Waals surface area contributed by atoms with Crippen molar-refractivity contribution in [3.05, 3.63) is 42.0 Å². The third-order valence-corrected chi connectivity index (χ3v) is 7.58. The van der Waals surface area contributed by atoms with Crippen molar-refractivity contribution in [2.45, 2.75) is 24.3 Å². The van der Waals surface area contributed by atoms with E-state index in [1.807, 2.05) is 0 Å². The van der Waals surface area contributed by atoms with E-state index in [9.17, 15) is 13.2 Å². The predicted octanol–water partition coefficient (Wildman–Crippen LogP) is 2.44. The molecule has 3 rings (SSSR count). The van der Waals surface area contributed by atoms with E-state index in [-0.39, 0.29) is 23.9 Å². The Morgan fingerprint density at radius 1 is 0.970 bits per heavy atom. The Morgan fingerprint density at radius 3 is 2.21 bits per heavy atom. The normalized spacial score (nSPS) is 16.7. The van der Waals surface area contributed by atoms with Crippen LogP contribution in [0.15, 0.2) is 41.3 Å². The lowest BCUT2D eigenvalue weighted by Gasteiger charge is -2.31. The Balaban J connectivity index is 1.72. The average molecular weight is 479 g/mol. The minimum atomic E-state index is -3.80. The van der Waals surface area contributed by atoms with E-state index in [0.717, 1.165) is 5.56 Å². The molecule has 0 aromatic heterocycles. The lowest BCUT2D eigenvalue weighted by Crippen LogP contribution is -2.45. The van der Waals surface area contributed by atoms with Crippen molar-refractivity contribution < 1.29 is 32.2 Å². The summed E-state index contributed by atoms with van der Waals surface area (Å²) in [6.07, 6.45) is 1.19. The Hall–Kier alpha value is -2.98. The van der Waals surface area contributed by atoms with Gasteiger partial charge in [0.05, 0.1) is 51.4 Å². The number of carbonyl (C=O) groups excluding carboxylic acids is 1. The molecule has 1 amide bonds. The molecule has 0 saturated carbocycles. The fraction of sp³-hybridized carbons (Fsp3) is 0.435. The van der Waals surface area contributed by atoms with E-state index < -0.39 is 15.9 Å². The Bertz CT molecular complexity index is 1070. The van der Waals surface area contributed by atoms with Gasteiger partial charge in [-0.05, 0) is 37.1 Å². The molecule has 1 aliphatic heterocycles. The molecule has 33 heavy (non-hydrogen) atoms. The molecule has 1 heterocycles. The standard InChI is InChI=1S/C23H30N2O7S/c1-29-19-8-5-9-20(30-2)18(19)14-24-23(26)16-7-6-12-25(15-16)33(27,28)17-10-11-21(31-3)22(13-17)32-4/h5,8-11,13,16H,6-7,12,14-15H2,1-4H3,(H,24,26)/t16-/m0/s1. The largest absolute Gasteiger partial charge is 0.496 e. The summed E-state index contributed by atoms with van der Waals surface area (Å²) in [5.41, 5.74) is 0.724. The molecule has 1 aliphatic rings. The van der Waals surface area contributed by atoms with Crippen LogP contribution < -0.4 is 24.3 Å². The molecule has 0 unspecified atom stereocenters. The maximum atomic E-state index is 13.2. The first-order valence-corrected chi connectivity index (χ1v) is 12.0. The molecule has 0 bridgehead atoms. The van der Waals surface area contributed by atoms with Crippen LogP contribution in [-0.2, 0) is 21.4 Å². The maximum absolute atomic E-state index is 13.2. The Labute approximate surface area is 194 Å². The van der Waals surface area contributed by atoms with Crippen molar-refractivity contribution in [3.8, 4) is 23.0 Å². The highest BCUT2D eigenvalue weighted by Crippen LogP contribution is 2.32. The minimum absolute atomic E-state index is 0.0972. The van der Waals surface area contributed by atoms with E-state index in [0.29, 0.717) is 42.4 Å². The number of sulfonamides is 1. The van der Waals surface area contributed by atoms with Crippen LogP contribution in [0.2, 0.25) is 0 Å². The lowest BCUT2D eigenvalue weighted by molar-refractivity contribution is -0.126. The molecule has 1 atom stereocenters. The van der Waals surface area contributed by atoms with Crippen LogP contribution in [0.25, 0.3) is 0 Å². The van der Waals surface area contributed by atoms with Crippen molar-refractivity contribution in [3.63, 3.8) is 0 Å². The molecule has 2 aromatic carbocycles. The van der Waals surface area contributed by atoms with Crippen LogP contribution in [0.1, 0.15) is 18.4 Å². The van der Waals surface area contributed by atoms with Crippen LogP contribution in [0.4, 0.5) is 0 Å². The number of piperidine rings is 1. The zero-order valence-electron chi connectivity index (χ0n) is 19.3. The summed E-state index contributed by atoms with van der Waals surface area (Å²) in [6.45, 7) is 0.664. The molecule has 0 aliphatic carbocycles. The fourth-order valence-electron chi connectivity index (χ4n) is 3.92. The van der Waals surface area contributed by atoms with Crippen molar-refractivity contribution in [1.82, 2.24) is 9.62 Å². The fourth-order valence-corrected chi connectivity index (χ4v) is 5.46. The van der Waals surface area contributed by atoms with Crippen molar-refractivity contribution in [1.29, 1.82) is 0 Å². The number of carbonyl (C=O) groups is 1. The highest BCUT2D eigenvalue weighted by Gasteiger charge is 2.34. The van der Waals surface area contributed by atoms with E-state index in [1.54, 1.807) is 38.5 Å². The third-order valence-electron chi connectivity index (χ3n) is 5.72. The van der Waals surface area contributed by atoms with E-state index >= 15 is 0 Å².